The SMILES string of the molecule is CC(=O)C(C=O)(CCC[C@H](S)CCS)C(C)=O. The summed E-state index contributed by atoms with van der Waals surface area (Å²) in [6, 6.07) is 0. The molecule has 0 saturated carbocycles. The summed E-state index contributed by atoms with van der Waals surface area (Å²) in [4.78, 5) is 34.0. The molecule has 0 aromatic carbocycles. The van der Waals surface area contributed by atoms with Crippen LogP contribution < -0.4 is 0 Å². The van der Waals surface area contributed by atoms with E-state index in [1.807, 2.05) is 0 Å². The second-order valence-electron chi connectivity index (χ2n) is 4.26. The van der Waals surface area contributed by atoms with Gasteiger partial charge in [0, 0.05) is 5.25 Å². The first-order valence-corrected chi connectivity index (χ1v) is 6.83. The second kappa shape index (κ2) is 7.93. The summed E-state index contributed by atoms with van der Waals surface area (Å²) in [5.74, 6) is 0.0154. The first-order chi connectivity index (χ1) is 7.90. The van der Waals surface area contributed by atoms with Gasteiger partial charge in [-0.15, -0.1) is 0 Å². The van der Waals surface area contributed by atoms with E-state index < -0.39 is 5.41 Å². The summed E-state index contributed by atoms with van der Waals surface area (Å²) in [7, 11) is 0. The van der Waals surface area contributed by atoms with E-state index in [9.17, 15) is 14.4 Å². The molecule has 0 saturated heterocycles. The van der Waals surface area contributed by atoms with Gasteiger partial charge in [0.1, 0.15) is 11.7 Å². The van der Waals surface area contributed by atoms with Crippen molar-refractivity contribution in [2.75, 3.05) is 5.75 Å². The summed E-state index contributed by atoms with van der Waals surface area (Å²) in [5, 5.41) is 0.204. The van der Waals surface area contributed by atoms with Gasteiger partial charge in [-0.3, -0.25) is 9.59 Å². The summed E-state index contributed by atoms with van der Waals surface area (Å²) < 4.78 is 0. The fourth-order valence-electron chi connectivity index (χ4n) is 1.73. The van der Waals surface area contributed by atoms with Gasteiger partial charge in [0.15, 0.2) is 11.6 Å². The first kappa shape index (κ1) is 16.7. The second-order valence-corrected chi connectivity index (χ2v) is 5.44. The summed E-state index contributed by atoms with van der Waals surface area (Å²) in [6.45, 7) is 2.59. The van der Waals surface area contributed by atoms with Gasteiger partial charge >= 0.3 is 0 Å². The molecule has 0 radical (unpaired) electrons. The molecule has 0 aromatic heterocycles. The van der Waals surface area contributed by atoms with E-state index in [1.165, 1.54) is 13.8 Å². The minimum atomic E-state index is -1.44. The molecular formula is C12H20O3S2. The molecule has 0 rings (SSSR count). The monoisotopic (exact) mass is 276 g/mol. The molecule has 17 heavy (non-hydrogen) atoms. The molecule has 0 N–H and O–H groups in total. The molecule has 3 nitrogen and oxygen atoms in total. The van der Waals surface area contributed by atoms with Crippen molar-refractivity contribution >= 4 is 43.1 Å². The smallest absolute Gasteiger partial charge is 0.150 e. The van der Waals surface area contributed by atoms with E-state index in [2.05, 4.69) is 25.3 Å². The highest BCUT2D eigenvalue weighted by Gasteiger charge is 2.39. The summed E-state index contributed by atoms with van der Waals surface area (Å²) in [5.41, 5.74) is -1.44. The lowest BCUT2D eigenvalue weighted by Gasteiger charge is -2.22. The third-order valence-electron chi connectivity index (χ3n) is 3.03. The predicted octanol–water partition coefficient (Wildman–Crippen LogP) is 2.14. The largest absolute Gasteiger partial charge is 0.302 e. The summed E-state index contributed by atoms with van der Waals surface area (Å²) in [6.07, 6.45) is 3.06. The highest BCUT2D eigenvalue weighted by atomic mass is 32.1. The van der Waals surface area contributed by atoms with Crippen LogP contribution in [0.15, 0.2) is 0 Å². The number of aldehydes is 1. The molecule has 0 fully saturated rings. The van der Waals surface area contributed by atoms with Crippen molar-refractivity contribution in [3.8, 4) is 0 Å². The molecule has 1 atom stereocenters. The molecule has 0 unspecified atom stereocenters. The van der Waals surface area contributed by atoms with Crippen molar-refractivity contribution in [3.63, 3.8) is 0 Å². The van der Waals surface area contributed by atoms with Crippen LogP contribution in [0.4, 0.5) is 0 Å². The number of ketones is 2. The van der Waals surface area contributed by atoms with Crippen molar-refractivity contribution < 1.29 is 14.4 Å². The van der Waals surface area contributed by atoms with Crippen molar-refractivity contribution in [2.24, 2.45) is 5.41 Å². The van der Waals surface area contributed by atoms with Crippen molar-refractivity contribution in [1.82, 2.24) is 0 Å². The zero-order chi connectivity index (χ0) is 13.5. The average molecular weight is 276 g/mol. The number of rotatable bonds is 9. The van der Waals surface area contributed by atoms with Crippen LogP contribution in [0.25, 0.3) is 0 Å². The maximum absolute atomic E-state index is 11.5. The average Bonchev–Trinajstić information content (AvgIpc) is 2.24. The fraction of sp³-hybridized carbons (Fsp3) is 0.750. The molecule has 0 amide bonds. The lowest BCUT2D eigenvalue weighted by Crippen LogP contribution is -2.38. The molecule has 0 heterocycles. The van der Waals surface area contributed by atoms with Gasteiger partial charge in [-0.2, -0.15) is 25.3 Å². The van der Waals surface area contributed by atoms with Gasteiger partial charge in [-0.25, -0.2) is 0 Å². The molecule has 0 aromatic rings. The Balaban J connectivity index is 4.43. The molecule has 0 bridgehead atoms. The minimum Gasteiger partial charge on any atom is -0.302 e. The van der Waals surface area contributed by atoms with Crippen LogP contribution in [-0.4, -0.2) is 28.9 Å². The van der Waals surface area contributed by atoms with Gasteiger partial charge in [-0.1, -0.05) is 6.42 Å². The van der Waals surface area contributed by atoms with Gasteiger partial charge in [0.2, 0.25) is 0 Å². The molecule has 98 valence electrons. The third-order valence-corrected chi connectivity index (χ3v) is 3.80. The number of carbonyl (C=O) groups excluding carboxylic acids is 3. The Morgan fingerprint density at radius 2 is 1.76 bits per heavy atom. The molecule has 0 aliphatic heterocycles. The van der Waals surface area contributed by atoms with Gasteiger partial charge < -0.3 is 4.79 Å². The standard InChI is InChI=1S/C12H20O3S2/c1-9(14)12(8-13,10(2)15)6-3-4-11(17)5-7-16/h8,11,16-17H,3-7H2,1-2H3/t11-/m0/s1. The Kier molecular flexibility index (Phi) is 7.79. The van der Waals surface area contributed by atoms with E-state index in [0.29, 0.717) is 12.7 Å². The Hall–Kier alpha value is -0.290. The maximum atomic E-state index is 11.5. The van der Waals surface area contributed by atoms with Crippen LogP contribution in [0, 0.1) is 5.41 Å². The minimum absolute atomic E-state index is 0.204. The Morgan fingerprint density at radius 1 is 1.24 bits per heavy atom. The molecule has 0 spiro atoms. The molecule has 0 aliphatic carbocycles. The quantitative estimate of drug-likeness (QED) is 0.385. The Morgan fingerprint density at radius 3 is 2.12 bits per heavy atom. The van der Waals surface area contributed by atoms with Crippen molar-refractivity contribution in [2.45, 2.75) is 44.8 Å². The van der Waals surface area contributed by atoms with E-state index in [-0.39, 0.29) is 23.2 Å². The van der Waals surface area contributed by atoms with Crippen molar-refractivity contribution in [3.05, 3.63) is 0 Å². The Bertz CT molecular complexity index is 275. The maximum Gasteiger partial charge on any atom is 0.150 e. The van der Waals surface area contributed by atoms with E-state index in [1.54, 1.807) is 0 Å². The first-order valence-electron chi connectivity index (χ1n) is 5.68. The third kappa shape index (κ3) is 4.84. The molecule has 0 aliphatic rings. The Labute approximate surface area is 114 Å². The lowest BCUT2D eigenvalue weighted by molar-refractivity contribution is -0.142. The zero-order valence-electron chi connectivity index (χ0n) is 10.3. The number of Topliss-reactive ketones (excluding diaryl/α,β-unsaturated/α-hetero) is 2. The van der Waals surface area contributed by atoms with E-state index in [4.69, 9.17) is 0 Å². The van der Waals surface area contributed by atoms with Crippen LogP contribution in [0.1, 0.15) is 39.5 Å². The highest BCUT2D eigenvalue weighted by Crippen LogP contribution is 2.26. The molecule has 5 heteroatoms. The van der Waals surface area contributed by atoms with Crippen LogP contribution in [0.2, 0.25) is 0 Å². The lowest BCUT2D eigenvalue weighted by atomic mass is 9.77. The van der Waals surface area contributed by atoms with Crippen LogP contribution in [0.3, 0.4) is 0 Å². The van der Waals surface area contributed by atoms with E-state index in [0.717, 1.165) is 18.6 Å². The summed E-state index contributed by atoms with van der Waals surface area (Å²) >= 11 is 8.48. The number of hydrogen-bond acceptors (Lipinski definition) is 5. The normalized spacial score (nSPS) is 13.2. The van der Waals surface area contributed by atoms with Gasteiger partial charge in [0.25, 0.3) is 0 Å². The fourth-order valence-corrected chi connectivity index (χ4v) is 2.56. The number of carbonyl (C=O) groups is 3. The topological polar surface area (TPSA) is 51.2 Å². The van der Waals surface area contributed by atoms with Gasteiger partial charge in [0.05, 0.1) is 0 Å². The predicted molar refractivity (Wildman–Crippen MR) is 75.0 cm³/mol. The number of hydrogen-bond donors (Lipinski definition) is 2. The zero-order valence-corrected chi connectivity index (χ0v) is 12.1. The van der Waals surface area contributed by atoms with Gasteiger partial charge in [-0.05, 0) is 38.9 Å². The van der Waals surface area contributed by atoms with E-state index >= 15 is 0 Å². The van der Waals surface area contributed by atoms with Crippen LogP contribution in [-0.2, 0) is 14.4 Å². The molecular weight excluding hydrogens is 256 g/mol. The number of thiol groups is 2. The highest BCUT2D eigenvalue weighted by molar-refractivity contribution is 7.81. The van der Waals surface area contributed by atoms with Crippen LogP contribution >= 0.6 is 25.3 Å². The van der Waals surface area contributed by atoms with Crippen LogP contribution in [0.5, 0.6) is 0 Å². The van der Waals surface area contributed by atoms with Crippen molar-refractivity contribution in [1.29, 1.82) is 0 Å².